The number of rotatable bonds is 2. The molecule has 1 saturated heterocycles. The molecule has 5 heteroatoms. The Hall–Kier alpha value is -1.16. The van der Waals surface area contributed by atoms with E-state index < -0.39 is 11.6 Å². The van der Waals surface area contributed by atoms with Crippen molar-refractivity contribution in [1.82, 2.24) is 4.90 Å². The van der Waals surface area contributed by atoms with Crippen molar-refractivity contribution in [2.75, 3.05) is 13.1 Å². The molecular weight excluding hydrogens is 260 g/mol. The lowest BCUT2D eigenvalue weighted by molar-refractivity contribution is -0.131. The fraction of sp³-hybridized carbons (Fsp3) is 0.462. The highest BCUT2D eigenvalue weighted by molar-refractivity contribution is 6.20. The molecule has 0 spiro atoms. The van der Waals surface area contributed by atoms with Crippen molar-refractivity contribution in [2.45, 2.75) is 24.6 Å². The molecule has 1 fully saturated rings. The Morgan fingerprint density at radius 3 is 2.56 bits per heavy atom. The fourth-order valence-electron chi connectivity index (χ4n) is 2.03. The van der Waals surface area contributed by atoms with E-state index in [4.69, 9.17) is 11.6 Å². The second kappa shape index (κ2) is 5.65. The highest BCUT2D eigenvalue weighted by Crippen LogP contribution is 2.17. The van der Waals surface area contributed by atoms with Crippen molar-refractivity contribution in [3.8, 4) is 0 Å². The Balaban J connectivity index is 1.96. The number of hydrogen-bond acceptors (Lipinski definition) is 1. The molecule has 1 aliphatic rings. The number of carbonyl (C=O) groups is 1. The Bertz CT molecular complexity index is 445. The molecule has 18 heavy (non-hydrogen) atoms. The largest absolute Gasteiger partial charge is 0.342 e. The normalized spacial score (nSPS) is 16.9. The number of nitrogens with zero attached hydrogens (tertiary/aromatic N) is 1. The zero-order chi connectivity index (χ0) is 13.1. The average molecular weight is 274 g/mol. The molecule has 1 aliphatic heterocycles. The third-order valence-electron chi connectivity index (χ3n) is 3.12. The quantitative estimate of drug-likeness (QED) is 0.759. The summed E-state index contributed by atoms with van der Waals surface area (Å²) in [5.74, 6) is -1.88. The Labute approximate surface area is 110 Å². The molecule has 2 rings (SSSR count). The molecule has 0 saturated carbocycles. The van der Waals surface area contributed by atoms with Gasteiger partial charge >= 0.3 is 0 Å². The zero-order valence-electron chi connectivity index (χ0n) is 9.83. The molecule has 2 nitrogen and oxygen atoms in total. The van der Waals surface area contributed by atoms with Crippen molar-refractivity contribution in [1.29, 1.82) is 0 Å². The predicted molar refractivity (Wildman–Crippen MR) is 65.5 cm³/mol. The standard InChI is InChI=1S/C13H14ClF2NO/c14-10-3-5-17(6-4-10)13(18)8-9-1-2-11(15)12(16)7-9/h1-2,7,10H,3-6,8H2. The third-order valence-corrected chi connectivity index (χ3v) is 3.55. The number of hydrogen-bond donors (Lipinski definition) is 0. The van der Waals surface area contributed by atoms with Crippen LogP contribution in [0, 0.1) is 11.6 Å². The first kappa shape index (κ1) is 13.3. The van der Waals surface area contributed by atoms with E-state index in [1.165, 1.54) is 6.07 Å². The predicted octanol–water partition coefficient (Wildman–Crippen LogP) is 2.74. The van der Waals surface area contributed by atoms with Gasteiger partial charge in [0.05, 0.1) is 6.42 Å². The van der Waals surface area contributed by atoms with Crippen molar-refractivity contribution >= 4 is 17.5 Å². The van der Waals surface area contributed by atoms with Gasteiger partial charge in [0.1, 0.15) is 0 Å². The van der Waals surface area contributed by atoms with Crippen LogP contribution in [0.5, 0.6) is 0 Å². The number of benzene rings is 1. The summed E-state index contributed by atoms with van der Waals surface area (Å²) >= 11 is 5.96. The van der Waals surface area contributed by atoms with Crippen molar-refractivity contribution < 1.29 is 13.6 Å². The third kappa shape index (κ3) is 3.19. The van der Waals surface area contributed by atoms with Crippen LogP contribution in [0.4, 0.5) is 8.78 Å². The molecule has 98 valence electrons. The second-order valence-corrected chi connectivity index (χ2v) is 5.10. The highest BCUT2D eigenvalue weighted by Gasteiger charge is 2.21. The number of piperidine rings is 1. The Morgan fingerprint density at radius 1 is 1.28 bits per heavy atom. The topological polar surface area (TPSA) is 20.3 Å². The molecule has 0 aromatic heterocycles. The van der Waals surface area contributed by atoms with E-state index in [-0.39, 0.29) is 17.7 Å². The molecule has 1 aromatic carbocycles. The highest BCUT2D eigenvalue weighted by atomic mass is 35.5. The van der Waals surface area contributed by atoms with Gasteiger partial charge in [-0.1, -0.05) is 6.07 Å². The van der Waals surface area contributed by atoms with Crippen LogP contribution in [0.25, 0.3) is 0 Å². The van der Waals surface area contributed by atoms with Gasteiger partial charge < -0.3 is 4.90 Å². The zero-order valence-corrected chi connectivity index (χ0v) is 10.6. The molecule has 1 aromatic rings. The van der Waals surface area contributed by atoms with E-state index >= 15 is 0 Å². The lowest BCUT2D eigenvalue weighted by Gasteiger charge is -2.29. The molecule has 0 aliphatic carbocycles. The molecule has 0 N–H and O–H groups in total. The number of likely N-dealkylation sites (tertiary alicyclic amines) is 1. The monoisotopic (exact) mass is 273 g/mol. The van der Waals surface area contributed by atoms with Crippen LogP contribution in [0.15, 0.2) is 18.2 Å². The summed E-state index contributed by atoms with van der Waals surface area (Å²) in [6.45, 7) is 1.27. The van der Waals surface area contributed by atoms with E-state index in [2.05, 4.69) is 0 Å². The van der Waals surface area contributed by atoms with Crippen LogP contribution in [0.2, 0.25) is 0 Å². The first-order chi connectivity index (χ1) is 8.56. The maximum Gasteiger partial charge on any atom is 0.226 e. The molecule has 1 heterocycles. The molecule has 0 unspecified atom stereocenters. The van der Waals surface area contributed by atoms with Gasteiger partial charge in [-0.25, -0.2) is 8.78 Å². The van der Waals surface area contributed by atoms with Gasteiger partial charge in [-0.3, -0.25) is 4.79 Å². The summed E-state index contributed by atoms with van der Waals surface area (Å²) in [5, 5.41) is 0.136. The van der Waals surface area contributed by atoms with Gasteiger partial charge in [-0.2, -0.15) is 0 Å². The Morgan fingerprint density at radius 2 is 1.94 bits per heavy atom. The summed E-state index contributed by atoms with van der Waals surface area (Å²) in [5.41, 5.74) is 0.492. The lowest BCUT2D eigenvalue weighted by Crippen LogP contribution is -2.39. The Kier molecular flexibility index (Phi) is 4.17. The summed E-state index contributed by atoms with van der Waals surface area (Å²) in [6.07, 6.45) is 1.67. The van der Waals surface area contributed by atoms with Crippen molar-refractivity contribution in [3.63, 3.8) is 0 Å². The van der Waals surface area contributed by atoms with E-state index in [1.807, 2.05) is 0 Å². The van der Waals surface area contributed by atoms with E-state index in [1.54, 1.807) is 4.90 Å². The molecule has 1 amide bonds. The van der Waals surface area contributed by atoms with Crippen LogP contribution in [0.1, 0.15) is 18.4 Å². The van der Waals surface area contributed by atoms with Crippen LogP contribution >= 0.6 is 11.6 Å². The minimum Gasteiger partial charge on any atom is -0.342 e. The maximum absolute atomic E-state index is 13.0. The average Bonchev–Trinajstić information content (AvgIpc) is 2.34. The SMILES string of the molecule is O=C(Cc1ccc(F)c(F)c1)N1CCC(Cl)CC1. The van der Waals surface area contributed by atoms with E-state index in [0.29, 0.717) is 18.7 Å². The minimum absolute atomic E-state index is 0.0652. The van der Waals surface area contributed by atoms with Crippen molar-refractivity contribution in [3.05, 3.63) is 35.4 Å². The minimum atomic E-state index is -0.917. The first-order valence-corrected chi connectivity index (χ1v) is 6.35. The van der Waals surface area contributed by atoms with Gasteiger partial charge in [-0.15, -0.1) is 11.6 Å². The number of halogens is 3. The smallest absolute Gasteiger partial charge is 0.226 e. The summed E-state index contributed by atoms with van der Waals surface area (Å²) in [7, 11) is 0. The summed E-state index contributed by atoms with van der Waals surface area (Å²) in [6, 6.07) is 3.55. The molecule has 0 radical (unpaired) electrons. The number of carbonyl (C=O) groups excluding carboxylic acids is 1. The van der Waals surface area contributed by atoms with Gasteiger partial charge in [0.15, 0.2) is 11.6 Å². The van der Waals surface area contributed by atoms with Crippen LogP contribution in [-0.2, 0) is 11.2 Å². The second-order valence-electron chi connectivity index (χ2n) is 4.48. The van der Waals surface area contributed by atoms with Gasteiger partial charge in [0.2, 0.25) is 5.91 Å². The molecular formula is C13H14ClF2NO. The van der Waals surface area contributed by atoms with Crippen molar-refractivity contribution in [2.24, 2.45) is 0 Å². The van der Waals surface area contributed by atoms with Crippen LogP contribution in [0.3, 0.4) is 0 Å². The number of alkyl halides is 1. The lowest BCUT2D eigenvalue weighted by atomic mass is 10.1. The first-order valence-electron chi connectivity index (χ1n) is 5.92. The maximum atomic E-state index is 13.0. The van der Waals surface area contributed by atoms with Crippen LogP contribution in [-0.4, -0.2) is 29.3 Å². The summed E-state index contributed by atoms with van der Waals surface area (Å²) in [4.78, 5) is 13.7. The van der Waals surface area contributed by atoms with Gasteiger partial charge in [-0.05, 0) is 30.5 Å². The molecule has 0 bridgehead atoms. The van der Waals surface area contributed by atoms with Gasteiger partial charge in [0.25, 0.3) is 0 Å². The van der Waals surface area contributed by atoms with E-state index in [0.717, 1.165) is 25.0 Å². The fourth-order valence-corrected chi connectivity index (χ4v) is 2.23. The summed E-state index contributed by atoms with van der Waals surface area (Å²) < 4.78 is 25.8. The van der Waals surface area contributed by atoms with Gasteiger partial charge in [0, 0.05) is 18.5 Å². The van der Waals surface area contributed by atoms with E-state index in [9.17, 15) is 13.6 Å². The molecule has 0 atom stereocenters. The number of amides is 1. The van der Waals surface area contributed by atoms with Crippen LogP contribution < -0.4 is 0 Å².